The molecule has 1 aromatic heterocycles. The normalized spacial score (nSPS) is 14.8. The molecule has 4 rings (SSSR count). The summed E-state index contributed by atoms with van der Waals surface area (Å²) in [5.74, 6) is -0.203. The highest BCUT2D eigenvalue weighted by molar-refractivity contribution is 5.40. The van der Waals surface area contributed by atoms with Crippen molar-refractivity contribution >= 4 is 0 Å². The third kappa shape index (κ3) is 6.45. The van der Waals surface area contributed by atoms with Gasteiger partial charge in [-0.05, 0) is 56.1 Å². The summed E-state index contributed by atoms with van der Waals surface area (Å²) >= 11 is 0. The SMILES string of the molecule is C=CCC[C@@H](O)CN(CC)Cc1nn(-c2ccc(C)cc2)c2c1CN(Cc1ccc(F)cc1)CC2. The molecule has 1 aliphatic heterocycles. The largest absolute Gasteiger partial charge is 0.392 e. The molecule has 0 aliphatic carbocycles. The lowest BCUT2D eigenvalue weighted by atomic mass is 10.0. The summed E-state index contributed by atoms with van der Waals surface area (Å²) in [7, 11) is 0. The van der Waals surface area contributed by atoms with Crippen LogP contribution < -0.4 is 0 Å². The molecule has 0 amide bonds. The Labute approximate surface area is 208 Å². The van der Waals surface area contributed by atoms with Gasteiger partial charge in [0.15, 0.2) is 0 Å². The van der Waals surface area contributed by atoms with Crippen LogP contribution in [-0.2, 0) is 26.1 Å². The van der Waals surface area contributed by atoms with Crippen molar-refractivity contribution in [1.29, 1.82) is 0 Å². The number of aliphatic hydroxyl groups is 1. The Morgan fingerprint density at radius 2 is 1.91 bits per heavy atom. The van der Waals surface area contributed by atoms with Gasteiger partial charge in [0.05, 0.1) is 23.2 Å². The molecule has 1 aliphatic rings. The Bertz CT molecular complexity index is 1110. The number of rotatable bonds is 11. The monoisotopic (exact) mass is 476 g/mol. The highest BCUT2D eigenvalue weighted by atomic mass is 19.1. The summed E-state index contributed by atoms with van der Waals surface area (Å²) in [5.41, 5.74) is 7.04. The van der Waals surface area contributed by atoms with E-state index in [0.717, 1.165) is 62.4 Å². The second-order valence-corrected chi connectivity index (χ2v) is 9.55. The fourth-order valence-electron chi connectivity index (χ4n) is 4.77. The molecule has 2 aromatic carbocycles. The topological polar surface area (TPSA) is 44.5 Å². The highest BCUT2D eigenvalue weighted by Gasteiger charge is 2.27. The van der Waals surface area contributed by atoms with Gasteiger partial charge in [-0.25, -0.2) is 9.07 Å². The van der Waals surface area contributed by atoms with E-state index in [1.54, 1.807) is 0 Å². The van der Waals surface area contributed by atoms with E-state index in [1.165, 1.54) is 29.0 Å². The van der Waals surface area contributed by atoms with Crippen LogP contribution in [0.3, 0.4) is 0 Å². The van der Waals surface area contributed by atoms with Gasteiger partial charge in [-0.1, -0.05) is 42.8 Å². The number of halogens is 1. The first-order chi connectivity index (χ1) is 17.0. The van der Waals surface area contributed by atoms with Crippen molar-refractivity contribution in [3.05, 3.63) is 95.1 Å². The average Bonchev–Trinajstić information content (AvgIpc) is 3.21. The lowest BCUT2D eigenvalue weighted by Gasteiger charge is -2.29. The number of hydrogen-bond donors (Lipinski definition) is 1. The molecule has 186 valence electrons. The fourth-order valence-corrected chi connectivity index (χ4v) is 4.77. The number of fused-ring (bicyclic) bond motifs is 1. The van der Waals surface area contributed by atoms with Crippen molar-refractivity contribution < 1.29 is 9.50 Å². The standard InChI is InChI=1S/C29H37FN4O/c1-4-6-7-26(35)19-32(5-2)21-28-27-20-33(18-23-10-12-24(30)13-11-23)17-16-29(27)34(31-28)25-14-8-22(3)9-15-25/h4,8-15,26,35H,1,5-7,16-21H2,2-3H3/t26-/m1/s1. The highest BCUT2D eigenvalue weighted by Crippen LogP contribution is 2.27. The van der Waals surface area contributed by atoms with Crippen LogP contribution in [0, 0.1) is 12.7 Å². The van der Waals surface area contributed by atoms with E-state index >= 15 is 0 Å². The first-order valence-corrected chi connectivity index (χ1v) is 12.6. The number of hydrogen-bond acceptors (Lipinski definition) is 4. The Kier molecular flexibility index (Phi) is 8.50. The molecule has 0 bridgehead atoms. The predicted octanol–water partition coefficient (Wildman–Crippen LogP) is 5.03. The number of likely N-dealkylation sites (N-methyl/N-ethyl adjacent to an activating group) is 1. The van der Waals surface area contributed by atoms with E-state index in [2.05, 4.69) is 59.2 Å². The predicted molar refractivity (Wildman–Crippen MR) is 139 cm³/mol. The smallest absolute Gasteiger partial charge is 0.123 e. The Morgan fingerprint density at radius 1 is 1.17 bits per heavy atom. The van der Waals surface area contributed by atoms with Gasteiger partial charge >= 0.3 is 0 Å². The lowest BCUT2D eigenvalue weighted by Crippen LogP contribution is -2.33. The molecular weight excluding hydrogens is 439 g/mol. The number of aryl methyl sites for hydroxylation is 1. The van der Waals surface area contributed by atoms with Gasteiger partial charge in [0, 0.05) is 44.7 Å². The second kappa shape index (κ2) is 11.8. The van der Waals surface area contributed by atoms with Crippen molar-refractivity contribution in [2.45, 2.75) is 58.8 Å². The van der Waals surface area contributed by atoms with Gasteiger partial charge in [0.2, 0.25) is 0 Å². The minimum absolute atomic E-state index is 0.203. The molecule has 3 aromatic rings. The maximum atomic E-state index is 13.4. The van der Waals surface area contributed by atoms with Gasteiger partial charge in [-0.3, -0.25) is 9.80 Å². The molecule has 0 unspecified atom stereocenters. The molecule has 6 heteroatoms. The van der Waals surface area contributed by atoms with Gasteiger partial charge in [-0.15, -0.1) is 6.58 Å². The third-order valence-electron chi connectivity index (χ3n) is 6.81. The minimum atomic E-state index is -0.377. The number of benzene rings is 2. The average molecular weight is 477 g/mol. The molecule has 1 atom stereocenters. The van der Waals surface area contributed by atoms with Crippen LogP contribution in [0.4, 0.5) is 4.39 Å². The maximum Gasteiger partial charge on any atom is 0.123 e. The molecule has 0 spiro atoms. The number of aromatic nitrogens is 2. The minimum Gasteiger partial charge on any atom is -0.392 e. The molecule has 0 fully saturated rings. The van der Waals surface area contributed by atoms with Crippen LogP contribution in [0.15, 0.2) is 61.2 Å². The lowest BCUT2D eigenvalue weighted by molar-refractivity contribution is 0.104. The van der Waals surface area contributed by atoms with Crippen LogP contribution >= 0.6 is 0 Å². The van der Waals surface area contributed by atoms with Gasteiger partial charge in [0.25, 0.3) is 0 Å². The van der Waals surface area contributed by atoms with Crippen LogP contribution in [0.25, 0.3) is 5.69 Å². The molecule has 5 nitrogen and oxygen atoms in total. The number of allylic oxidation sites excluding steroid dienone is 1. The molecule has 0 saturated carbocycles. The van der Waals surface area contributed by atoms with Crippen molar-refractivity contribution in [3.8, 4) is 5.69 Å². The van der Waals surface area contributed by atoms with Crippen LogP contribution in [-0.4, -0.2) is 50.4 Å². The summed E-state index contributed by atoms with van der Waals surface area (Å²) in [5, 5.41) is 15.6. The molecule has 0 radical (unpaired) electrons. The van der Waals surface area contributed by atoms with E-state index in [0.29, 0.717) is 13.1 Å². The summed E-state index contributed by atoms with van der Waals surface area (Å²) in [6.45, 7) is 12.7. The first kappa shape index (κ1) is 25.3. The molecular formula is C29H37FN4O. The second-order valence-electron chi connectivity index (χ2n) is 9.55. The summed E-state index contributed by atoms with van der Waals surface area (Å²) in [4.78, 5) is 4.68. The van der Waals surface area contributed by atoms with Crippen molar-refractivity contribution in [3.63, 3.8) is 0 Å². The first-order valence-electron chi connectivity index (χ1n) is 12.6. The maximum absolute atomic E-state index is 13.4. The van der Waals surface area contributed by atoms with E-state index in [1.807, 2.05) is 18.2 Å². The van der Waals surface area contributed by atoms with Crippen molar-refractivity contribution in [1.82, 2.24) is 19.6 Å². The van der Waals surface area contributed by atoms with Crippen molar-refractivity contribution in [2.75, 3.05) is 19.6 Å². The molecule has 1 N–H and O–H groups in total. The Morgan fingerprint density at radius 3 is 2.60 bits per heavy atom. The molecule has 35 heavy (non-hydrogen) atoms. The van der Waals surface area contributed by atoms with Gasteiger partial charge < -0.3 is 5.11 Å². The van der Waals surface area contributed by atoms with Gasteiger partial charge in [0.1, 0.15) is 5.82 Å². The molecule has 0 saturated heterocycles. The Balaban J connectivity index is 1.59. The van der Waals surface area contributed by atoms with E-state index in [9.17, 15) is 9.50 Å². The Hall–Kier alpha value is -2.80. The van der Waals surface area contributed by atoms with E-state index in [4.69, 9.17) is 5.10 Å². The van der Waals surface area contributed by atoms with E-state index < -0.39 is 0 Å². The zero-order valence-electron chi connectivity index (χ0n) is 21.0. The quantitative estimate of drug-likeness (QED) is 0.395. The number of aliphatic hydroxyl groups excluding tert-OH is 1. The van der Waals surface area contributed by atoms with Crippen molar-refractivity contribution in [2.24, 2.45) is 0 Å². The summed E-state index contributed by atoms with van der Waals surface area (Å²) in [6, 6.07) is 15.3. The summed E-state index contributed by atoms with van der Waals surface area (Å²) in [6.07, 6.45) is 3.92. The number of nitrogens with zero attached hydrogens (tertiary/aromatic N) is 4. The zero-order valence-corrected chi connectivity index (χ0v) is 21.0. The van der Waals surface area contributed by atoms with E-state index in [-0.39, 0.29) is 11.9 Å². The molecule has 2 heterocycles. The summed E-state index contributed by atoms with van der Waals surface area (Å²) < 4.78 is 15.5. The zero-order chi connectivity index (χ0) is 24.8. The van der Waals surface area contributed by atoms with Crippen LogP contribution in [0.2, 0.25) is 0 Å². The fraction of sp³-hybridized carbons (Fsp3) is 0.414. The third-order valence-corrected chi connectivity index (χ3v) is 6.81. The van der Waals surface area contributed by atoms with Crippen LogP contribution in [0.5, 0.6) is 0 Å². The van der Waals surface area contributed by atoms with Gasteiger partial charge in [-0.2, -0.15) is 5.10 Å². The van der Waals surface area contributed by atoms with Crippen LogP contribution in [0.1, 0.15) is 47.8 Å².